The third-order valence-electron chi connectivity index (χ3n) is 3.67. The summed E-state index contributed by atoms with van der Waals surface area (Å²) in [6, 6.07) is -1.51. The predicted octanol–water partition coefficient (Wildman–Crippen LogP) is 0.0879. The number of carboxylic acid groups (broad SMARTS) is 2. The zero-order valence-electron chi connectivity index (χ0n) is 12.2. The molecule has 8 heteroatoms. The van der Waals surface area contributed by atoms with E-state index in [4.69, 9.17) is 10.2 Å². The summed E-state index contributed by atoms with van der Waals surface area (Å²) in [5.41, 5.74) is 0. The molecule has 21 heavy (non-hydrogen) atoms. The summed E-state index contributed by atoms with van der Waals surface area (Å²) in [4.78, 5) is 35.3. The fourth-order valence-corrected chi connectivity index (χ4v) is 2.35. The number of hydrogen-bond acceptors (Lipinski definition) is 4. The van der Waals surface area contributed by atoms with Crippen LogP contribution < -0.4 is 10.6 Å². The quantitative estimate of drug-likeness (QED) is 0.529. The first-order valence-electron chi connectivity index (χ1n) is 7.09. The maximum absolute atomic E-state index is 11.7. The fourth-order valence-electron chi connectivity index (χ4n) is 2.35. The Kier molecular flexibility index (Phi) is 6.93. The van der Waals surface area contributed by atoms with Crippen LogP contribution in [0, 0.1) is 0 Å². The Morgan fingerprint density at radius 1 is 1.29 bits per heavy atom. The monoisotopic (exact) mass is 301 g/mol. The number of piperidine rings is 1. The standard InChI is InChI=1S/C13H23N3O5/c1-16-7-3-2-4-9(16)8-14-13(21)15-10(12(19)20)5-6-11(17)18/h9-10H,2-8H2,1H3,(H,17,18)(H,19,20)(H2,14,15,21)/t9?,10-/m0/s1. The highest BCUT2D eigenvalue weighted by Gasteiger charge is 2.23. The molecule has 1 aliphatic rings. The first-order valence-corrected chi connectivity index (χ1v) is 7.09. The van der Waals surface area contributed by atoms with Crippen molar-refractivity contribution in [2.75, 3.05) is 20.1 Å². The molecule has 1 aliphatic heterocycles. The van der Waals surface area contributed by atoms with Crippen LogP contribution >= 0.6 is 0 Å². The summed E-state index contributed by atoms with van der Waals surface area (Å²) in [6.45, 7) is 1.44. The van der Waals surface area contributed by atoms with Crippen LogP contribution in [0.5, 0.6) is 0 Å². The number of nitrogens with one attached hydrogen (secondary N) is 2. The number of urea groups is 1. The van der Waals surface area contributed by atoms with E-state index in [-0.39, 0.29) is 18.9 Å². The van der Waals surface area contributed by atoms with Crippen molar-refractivity contribution in [1.82, 2.24) is 15.5 Å². The van der Waals surface area contributed by atoms with Gasteiger partial charge in [-0.1, -0.05) is 6.42 Å². The molecule has 120 valence electrons. The van der Waals surface area contributed by atoms with Crippen LogP contribution in [0.3, 0.4) is 0 Å². The van der Waals surface area contributed by atoms with Crippen LogP contribution in [0.4, 0.5) is 4.79 Å². The number of likely N-dealkylation sites (N-methyl/N-ethyl adjacent to an activating group) is 1. The SMILES string of the molecule is CN1CCCCC1CNC(=O)N[C@@H](CCC(=O)O)C(=O)O. The molecule has 0 bridgehead atoms. The molecule has 1 fully saturated rings. The van der Waals surface area contributed by atoms with Crippen molar-refractivity contribution >= 4 is 18.0 Å². The highest BCUT2D eigenvalue weighted by Crippen LogP contribution is 2.13. The topological polar surface area (TPSA) is 119 Å². The lowest BCUT2D eigenvalue weighted by atomic mass is 10.0. The van der Waals surface area contributed by atoms with Crippen LogP contribution in [-0.4, -0.2) is 65.3 Å². The zero-order chi connectivity index (χ0) is 15.8. The molecule has 0 spiro atoms. The molecule has 1 saturated heterocycles. The smallest absolute Gasteiger partial charge is 0.326 e. The zero-order valence-corrected chi connectivity index (χ0v) is 12.2. The summed E-state index contributed by atoms with van der Waals surface area (Å²) in [6.07, 6.45) is 2.83. The summed E-state index contributed by atoms with van der Waals surface area (Å²) in [5.74, 6) is -2.33. The third-order valence-corrected chi connectivity index (χ3v) is 3.67. The molecule has 0 aliphatic carbocycles. The Morgan fingerprint density at radius 3 is 2.57 bits per heavy atom. The van der Waals surface area contributed by atoms with E-state index in [0.29, 0.717) is 6.54 Å². The molecule has 1 unspecified atom stereocenters. The molecule has 0 aromatic rings. The summed E-state index contributed by atoms with van der Waals surface area (Å²) < 4.78 is 0. The van der Waals surface area contributed by atoms with E-state index in [1.807, 2.05) is 7.05 Å². The number of carboxylic acids is 2. The maximum Gasteiger partial charge on any atom is 0.326 e. The Labute approximate surface area is 123 Å². The van der Waals surface area contributed by atoms with E-state index in [2.05, 4.69) is 15.5 Å². The number of aliphatic carboxylic acids is 2. The van der Waals surface area contributed by atoms with Crippen molar-refractivity contribution in [1.29, 1.82) is 0 Å². The number of carbonyl (C=O) groups is 3. The fraction of sp³-hybridized carbons (Fsp3) is 0.769. The van der Waals surface area contributed by atoms with Crippen LogP contribution in [0.15, 0.2) is 0 Å². The van der Waals surface area contributed by atoms with Gasteiger partial charge in [0.2, 0.25) is 0 Å². The van der Waals surface area contributed by atoms with E-state index >= 15 is 0 Å². The highest BCUT2D eigenvalue weighted by molar-refractivity contribution is 5.83. The van der Waals surface area contributed by atoms with Gasteiger partial charge in [0.1, 0.15) is 6.04 Å². The van der Waals surface area contributed by atoms with Crippen LogP contribution in [0.1, 0.15) is 32.1 Å². The molecule has 0 aromatic carbocycles. The molecule has 2 amide bonds. The largest absolute Gasteiger partial charge is 0.481 e. The molecule has 2 atom stereocenters. The van der Waals surface area contributed by atoms with Crippen LogP contribution in [-0.2, 0) is 9.59 Å². The van der Waals surface area contributed by atoms with Gasteiger partial charge < -0.3 is 25.7 Å². The van der Waals surface area contributed by atoms with Crippen LogP contribution in [0.25, 0.3) is 0 Å². The lowest BCUT2D eigenvalue weighted by molar-refractivity contribution is -0.140. The predicted molar refractivity (Wildman–Crippen MR) is 75.1 cm³/mol. The Bertz CT molecular complexity index is 388. The molecular formula is C13H23N3O5. The molecule has 1 rings (SSSR count). The van der Waals surface area contributed by atoms with Crippen molar-refractivity contribution in [2.24, 2.45) is 0 Å². The lowest BCUT2D eigenvalue weighted by Crippen LogP contribution is -2.50. The number of nitrogens with zero attached hydrogens (tertiary/aromatic N) is 1. The van der Waals surface area contributed by atoms with Crippen molar-refractivity contribution in [3.05, 3.63) is 0 Å². The van der Waals surface area contributed by atoms with Crippen molar-refractivity contribution in [3.8, 4) is 0 Å². The average molecular weight is 301 g/mol. The number of rotatable bonds is 7. The van der Waals surface area contributed by atoms with E-state index in [1.54, 1.807) is 0 Å². The van der Waals surface area contributed by atoms with Gasteiger partial charge in [0.05, 0.1) is 0 Å². The van der Waals surface area contributed by atoms with E-state index in [9.17, 15) is 14.4 Å². The highest BCUT2D eigenvalue weighted by atomic mass is 16.4. The summed E-state index contributed by atoms with van der Waals surface area (Å²) >= 11 is 0. The molecule has 0 saturated carbocycles. The van der Waals surface area contributed by atoms with Gasteiger partial charge in [0, 0.05) is 19.0 Å². The van der Waals surface area contributed by atoms with Gasteiger partial charge in [-0.2, -0.15) is 0 Å². The first kappa shape index (κ1) is 17.2. The lowest BCUT2D eigenvalue weighted by Gasteiger charge is -2.32. The van der Waals surface area contributed by atoms with E-state index in [1.165, 1.54) is 0 Å². The summed E-state index contributed by atoms with van der Waals surface area (Å²) in [7, 11) is 2.00. The minimum Gasteiger partial charge on any atom is -0.481 e. The molecular weight excluding hydrogens is 278 g/mol. The number of likely N-dealkylation sites (tertiary alicyclic amines) is 1. The van der Waals surface area contributed by atoms with Crippen molar-refractivity contribution < 1.29 is 24.6 Å². The molecule has 0 aromatic heterocycles. The second-order valence-electron chi connectivity index (χ2n) is 5.31. The Balaban J connectivity index is 2.35. The van der Waals surface area contributed by atoms with Gasteiger partial charge in [-0.05, 0) is 32.9 Å². The normalized spacial score (nSPS) is 20.5. The van der Waals surface area contributed by atoms with Gasteiger partial charge in [-0.25, -0.2) is 9.59 Å². The number of carbonyl (C=O) groups excluding carboxylic acids is 1. The Morgan fingerprint density at radius 2 is 2.00 bits per heavy atom. The Hall–Kier alpha value is -1.83. The number of amides is 2. The first-order chi connectivity index (χ1) is 9.90. The van der Waals surface area contributed by atoms with Crippen molar-refractivity contribution in [2.45, 2.75) is 44.2 Å². The molecule has 4 N–H and O–H groups in total. The minimum absolute atomic E-state index is 0.137. The molecule has 0 radical (unpaired) electrons. The van der Waals surface area contributed by atoms with Gasteiger partial charge in [0.25, 0.3) is 0 Å². The second kappa shape index (κ2) is 8.46. The van der Waals surface area contributed by atoms with Gasteiger partial charge in [-0.15, -0.1) is 0 Å². The number of hydrogen-bond donors (Lipinski definition) is 4. The second-order valence-corrected chi connectivity index (χ2v) is 5.31. The molecule has 8 nitrogen and oxygen atoms in total. The van der Waals surface area contributed by atoms with E-state index < -0.39 is 24.0 Å². The third kappa shape index (κ3) is 6.44. The minimum atomic E-state index is -1.24. The van der Waals surface area contributed by atoms with E-state index in [0.717, 1.165) is 25.8 Å². The van der Waals surface area contributed by atoms with Crippen molar-refractivity contribution in [3.63, 3.8) is 0 Å². The summed E-state index contributed by atoms with van der Waals surface area (Å²) in [5, 5.41) is 22.5. The van der Waals surface area contributed by atoms with Gasteiger partial charge in [-0.3, -0.25) is 4.79 Å². The van der Waals surface area contributed by atoms with Crippen LogP contribution in [0.2, 0.25) is 0 Å². The average Bonchev–Trinajstić information content (AvgIpc) is 2.42. The van der Waals surface area contributed by atoms with Gasteiger partial charge >= 0.3 is 18.0 Å². The van der Waals surface area contributed by atoms with Gasteiger partial charge in [0.15, 0.2) is 0 Å². The molecule has 1 heterocycles. The maximum atomic E-state index is 11.7.